The fourth-order valence-corrected chi connectivity index (χ4v) is 0. The third kappa shape index (κ3) is 30.4. The Labute approximate surface area is 37.2 Å². The standard InChI is InChI=1S/CH2NTe.FH/c2-1-3;/h1-2H;1H. The Balaban J connectivity index is 0. The van der Waals surface area contributed by atoms with Crippen LogP contribution >= 0.6 is 0 Å². The molecule has 3 heteroatoms. The fraction of sp³-hybridized carbons (Fsp3) is 0. The van der Waals surface area contributed by atoms with E-state index in [1.807, 2.05) is 0 Å². The summed E-state index contributed by atoms with van der Waals surface area (Å²) in [6.45, 7) is 0. The minimum atomic E-state index is 0. The molecule has 0 unspecified atom stereocenters. The van der Waals surface area contributed by atoms with Gasteiger partial charge in [0.15, 0.2) is 0 Å². The Morgan fingerprint density at radius 3 is 1.75 bits per heavy atom. The summed E-state index contributed by atoms with van der Waals surface area (Å²) in [6.07, 6.45) is 0. The number of hydrogen-bond donors (Lipinski definition) is 1. The number of nitrogens with one attached hydrogen (secondary N) is 1. The van der Waals surface area contributed by atoms with Crippen molar-refractivity contribution in [3.63, 3.8) is 0 Å². The van der Waals surface area contributed by atoms with Gasteiger partial charge in [0.05, 0.1) is 0 Å². The van der Waals surface area contributed by atoms with Crippen LogP contribution in [0.5, 0.6) is 0 Å². The van der Waals surface area contributed by atoms with Crippen molar-refractivity contribution in [1.29, 1.82) is 5.41 Å². The van der Waals surface area contributed by atoms with E-state index in [0.29, 0.717) is 0 Å². The first-order chi connectivity index (χ1) is 1.41. The third-order valence-electron chi connectivity index (χ3n) is 0. The summed E-state index contributed by atoms with van der Waals surface area (Å²) in [7, 11) is 0. The summed E-state index contributed by atoms with van der Waals surface area (Å²) < 4.78 is 1.26. The second-order valence-corrected chi connectivity index (χ2v) is 0.791. The normalized spacial score (nSPS) is 3.00. The molecule has 1 N–H and O–H groups in total. The van der Waals surface area contributed by atoms with Gasteiger partial charge >= 0.3 is 32.0 Å². The van der Waals surface area contributed by atoms with E-state index in [1.165, 1.54) is 4.26 Å². The van der Waals surface area contributed by atoms with Crippen LogP contribution in [0, 0.1) is 5.41 Å². The molecule has 0 atom stereocenters. The van der Waals surface area contributed by atoms with E-state index in [9.17, 15) is 0 Å². The first-order valence-corrected chi connectivity index (χ1v) is 1.87. The summed E-state index contributed by atoms with van der Waals surface area (Å²) in [5.41, 5.74) is 0. The molecule has 1 radical (unpaired) electrons. The van der Waals surface area contributed by atoms with Crippen molar-refractivity contribution >= 4 is 26.6 Å². The van der Waals surface area contributed by atoms with E-state index in [-0.39, 0.29) is 4.70 Å². The molecule has 1 nitrogen and oxygen atoms in total. The van der Waals surface area contributed by atoms with Gasteiger partial charge in [0.1, 0.15) is 0 Å². The average molecular weight is 176 g/mol. The van der Waals surface area contributed by atoms with Gasteiger partial charge in [-0.05, 0) is 0 Å². The van der Waals surface area contributed by atoms with Gasteiger partial charge in [-0.15, -0.1) is 0 Å². The van der Waals surface area contributed by atoms with E-state index in [1.54, 1.807) is 22.3 Å². The molecular weight excluding hydrogens is 173 g/mol. The van der Waals surface area contributed by atoms with Crippen molar-refractivity contribution < 1.29 is 4.70 Å². The predicted molar refractivity (Wildman–Crippen MR) is 17.0 cm³/mol. The van der Waals surface area contributed by atoms with Crippen LogP contribution in [0.15, 0.2) is 0 Å². The van der Waals surface area contributed by atoms with Crippen LogP contribution in [0.2, 0.25) is 0 Å². The second kappa shape index (κ2) is 10.0. The Hall–Kier alpha value is 0.390. The van der Waals surface area contributed by atoms with E-state index >= 15 is 0 Å². The maximum atomic E-state index is 6.09. The molecule has 0 aromatic carbocycles. The molecule has 0 aromatic heterocycles. The number of rotatable bonds is 0. The molecule has 0 saturated carbocycles. The van der Waals surface area contributed by atoms with Crippen molar-refractivity contribution in [2.24, 2.45) is 0 Å². The molecule has 0 saturated heterocycles. The summed E-state index contributed by atoms with van der Waals surface area (Å²) >= 11 is 1.61. The molecular formula is CH3FNTe. The Morgan fingerprint density at radius 2 is 1.75 bits per heavy atom. The zero-order valence-corrected chi connectivity index (χ0v) is 4.22. The first-order valence-electron chi connectivity index (χ1n) is 0.524. The molecule has 0 fully saturated rings. The van der Waals surface area contributed by atoms with Gasteiger partial charge in [-0.25, -0.2) is 0 Å². The quantitative estimate of drug-likeness (QED) is 0.393. The van der Waals surface area contributed by atoms with Gasteiger partial charge in [-0.1, -0.05) is 0 Å². The van der Waals surface area contributed by atoms with Gasteiger partial charge in [0.2, 0.25) is 0 Å². The van der Waals surface area contributed by atoms with Crippen molar-refractivity contribution in [3.8, 4) is 0 Å². The summed E-state index contributed by atoms with van der Waals surface area (Å²) in [5, 5.41) is 6.09. The van der Waals surface area contributed by atoms with Crippen LogP contribution in [-0.2, 0) is 0 Å². The van der Waals surface area contributed by atoms with Crippen LogP contribution < -0.4 is 0 Å². The molecule has 4 heavy (non-hydrogen) atoms. The molecule has 0 amide bonds. The zero-order chi connectivity index (χ0) is 2.71. The van der Waals surface area contributed by atoms with Crippen LogP contribution in [-0.4, -0.2) is 26.6 Å². The van der Waals surface area contributed by atoms with E-state index in [4.69, 9.17) is 5.41 Å². The molecule has 0 aliphatic heterocycles. The molecule has 0 heterocycles. The molecule has 0 spiro atoms. The Kier molecular flexibility index (Phi) is 22.1. The monoisotopic (exact) mass is 178 g/mol. The first kappa shape index (κ1) is 8.83. The number of hydrogen-bond acceptors (Lipinski definition) is 1. The summed E-state index contributed by atoms with van der Waals surface area (Å²) in [4.78, 5) is 0. The van der Waals surface area contributed by atoms with Gasteiger partial charge in [-0.2, -0.15) is 0 Å². The van der Waals surface area contributed by atoms with E-state index in [0.717, 1.165) is 0 Å². The van der Waals surface area contributed by atoms with Crippen LogP contribution in [0.3, 0.4) is 0 Å². The van der Waals surface area contributed by atoms with Gasteiger partial charge in [0, 0.05) is 0 Å². The molecule has 0 bridgehead atoms. The predicted octanol–water partition coefficient (Wildman–Crippen LogP) is -0.0855. The summed E-state index contributed by atoms with van der Waals surface area (Å²) in [6, 6.07) is 0. The van der Waals surface area contributed by atoms with Crippen molar-refractivity contribution in [1.82, 2.24) is 0 Å². The second-order valence-electron chi connectivity index (χ2n) is 0.118. The summed E-state index contributed by atoms with van der Waals surface area (Å²) in [5.74, 6) is 0. The Morgan fingerprint density at radius 1 is 1.75 bits per heavy atom. The molecule has 0 rings (SSSR count). The van der Waals surface area contributed by atoms with E-state index in [2.05, 4.69) is 0 Å². The molecule has 0 aromatic rings. The van der Waals surface area contributed by atoms with Crippen LogP contribution in [0.4, 0.5) is 4.70 Å². The Bertz CT molecular complexity index is 15.5. The maximum absolute atomic E-state index is 6.09. The SMILES string of the molecule is F.N=C[Te]. The van der Waals surface area contributed by atoms with Crippen molar-refractivity contribution in [2.45, 2.75) is 0 Å². The molecule has 0 aliphatic rings. The van der Waals surface area contributed by atoms with Crippen molar-refractivity contribution in [3.05, 3.63) is 0 Å². The van der Waals surface area contributed by atoms with E-state index < -0.39 is 0 Å². The van der Waals surface area contributed by atoms with Crippen LogP contribution in [0.1, 0.15) is 0 Å². The van der Waals surface area contributed by atoms with Gasteiger partial charge in [-0.3, -0.25) is 4.70 Å². The zero-order valence-electron chi connectivity index (χ0n) is 1.89. The number of halogens is 1. The fourth-order valence-electron chi connectivity index (χ4n) is 0. The third-order valence-corrected chi connectivity index (χ3v) is 0. The minimum absolute atomic E-state index is 0. The van der Waals surface area contributed by atoms with Gasteiger partial charge in [0.25, 0.3) is 0 Å². The molecule has 25 valence electrons. The van der Waals surface area contributed by atoms with Crippen LogP contribution in [0.25, 0.3) is 0 Å². The average Bonchev–Trinajstić information content (AvgIpc) is 0.918. The molecule has 0 aliphatic carbocycles. The van der Waals surface area contributed by atoms with Gasteiger partial charge < -0.3 is 0 Å². The van der Waals surface area contributed by atoms with Crippen molar-refractivity contribution in [2.75, 3.05) is 0 Å². The topological polar surface area (TPSA) is 23.9 Å².